The van der Waals surface area contributed by atoms with Crippen molar-refractivity contribution < 1.29 is 37.7 Å². The number of hydrogen-bond acceptors (Lipinski definition) is 7. The molecular formula is C37H45FO7. The summed E-state index contributed by atoms with van der Waals surface area (Å²) in [7, 11) is 0. The first-order valence-corrected chi connectivity index (χ1v) is 16.1. The van der Waals surface area contributed by atoms with Crippen LogP contribution in [0.4, 0.5) is 4.39 Å². The summed E-state index contributed by atoms with van der Waals surface area (Å²) < 4.78 is 36.3. The molecule has 0 heterocycles. The van der Waals surface area contributed by atoms with Gasteiger partial charge < -0.3 is 18.9 Å². The van der Waals surface area contributed by atoms with Crippen LogP contribution in [0.2, 0.25) is 0 Å². The Morgan fingerprint density at radius 3 is 1.69 bits per heavy atom. The molecule has 3 rings (SSSR count). The van der Waals surface area contributed by atoms with Crippen LogP contribution < -0.4 is 14.2 Å². The maximum atomic E-state index is 14.5. The van der Waals surface area contributed by atoms with E-state index in [0.29, 0.717) is 12.2 Å². The predicted molar refractivity (Wildman–Crippen MR) is 172 cm³/mol. The zero-order valence-electron chi connectivity index (χ0n) is 26.6. The molecule has 0 N–H and O–H groups in total. The summed E-state index contributed by atoms with van der Waals surface area (Å²) in [5.41, 5.74) is 0.640. The highest BCUT2D eigenvalue weighted by Gasteiger charge is 2.16. The Kier molecular flexibility index (Phi) is 15.1. The summed E-state index contributed by atoms with van der Waals surface area (Å²) in [6, 6.07) is 15.9. The zero-order chi connectivity index (χ0) is 32.4. The molecule has 242 valence electrons. The standard InChI is InChI=1S/C37H45FO7/c1-4-6-8-10-11-13-25-42-34-24-19-30(26-33(34)38)37(41)45-32-22-17-29(18-23-32)36(40)44-31-20-15-28(16-21-31)35(39)43-27(3)14-12-9-7-5-2/h15-24,26-27H,4-14,25H2,1-3H3. The van der Waals surface area contributed by atoms with Crippen LogP contribution in [0.15, 0.2) is 66.7 Å². The van der Waals surface area contributed by atoms with Crippen molar-refractivity contribution >= 4 is 17.9 Å². The van der Waals surface area contributed by atoms with Crippen LogP contribution in [-0.4, -0.2) is 30.6 Å². The normalized spacial score (nSPS) is 11.5. The summed E-state index contributed by atoms with van der Waals surface area (Å²) in [4.78, 5) is 37.6. The van der Waals surface area contributed by atoms with Gasteiger partial charge in [-0.05, 0) is 92.9 Å². The number of rotatable bonds is 19. The number of esters is 3. The van der Waals surface area contributed by atoms with Crippen LogP contribution in [0.25, 0.3) is 0 Å². The fourth-order valence-corrected chi connectivity index (χ4v) is 4.63. The average Bonchev–Trinajstić information content (AvgIpc) is 3.04. The molecule has 8 heteroatoms. The molecule has 0 radical (unpaired) electrons. The van der Waals surface area contributed by atoms with Gasteiger partial charge in [0, 0.05) is 0 Å². The molecule has 0 aromatic heterocycles. The third-order valence-corrected chi connectivity index (χ3v) is 7.30. The lowest BCUT2D eigenvalue weighted by atomic mass is 10.1. The molecule has 1 unspecified atom stereocenters. The first kappa shape index (κ1) is 35.3. The second-order valence-corrected chi connectivity index (χ2v) is 11.2. The molecule has 45 heavy (non-hydrogen) atoms. The van der Waals surface area contributed by atoms with Crippen LogP contribution in [0, 0.1) is 5.82 Å². The number of hydrogen-bond donors (Lipinski definition) is 0. The number of ether oxygens (including phenoxy) is 4. The number of carbonyl (C=O) groups is 3. The Balaban J connectivity index is 1.45. The first-order chi connectivity index (χ1) is 21.8. The summed E-state index contributed by atoms with van der Waals surface area (Å²) in [6.07, 6.45) is 11.7. The van der Waals surface area contributed by atoms with Crippen molar-refractivity contribution in [1.82, 2.24) is 0 Å². The van der Waals surface area contributed by atoms with E-state index in [2.05, 4.69) is 13.8 Å². The van der Waals surface area contributed by atoms with Gasteiger partial charge in [-0.25, -0.2) is 18.8 Å². The van der Waals surface area contributed by atoms with Crippen LogP contribution in [0.3, 0.4) is 0 Å². The minimum absolute atomic E-state index is 0.0386. The molecular weight excluding hydrogens is 575 g/mol. The van der Waals surface area contributed by atoms with Gasteiger partial charge >= 0.3 is 17.9 Å². The van der Waals surface area contributed by atoms with E-state index >= 15 is 0 Å². The molecule has 0 bridgehead atoms. The maximum absolute atomic E-state index is 14.5. The Morgan fingerprint density at radius 1 is 0.622 bits per heavy atom. The van der Waals surface area contributed by atoms with Crippen LogP contribution in [0.5, 0.6) is 17.2 Å². The molecule has 0 spiro atoms. The number of benzene rings is 3. The lowest BCUT2D eigenvalue weighted by molar-refractivity contribution is 0.0319. The molecule has 3 aromatic carbocycles. The van der Waals surface area contributed by atoms with E-state index in [1.54, 1.807) is 12.1 Å². The SMILES string of the molecule is CCCCCCCCOc1ccc(C(=O)Oc2ccc(C(=O)Oc3ccc(C(=O)OC(C)CCCCCC)cc3)cc2)cc1F. The van der Waals surface area contributed by atoms with E-state index in [1.165, 1.54) is 74.2 Å². The fraction of sp³-hybridized carbons (Fsp3) is 0.432. The van der Waals surface area contributed by atoms with Crippen molar-refractivity contribution in [2.75, 3.05) is 6.61 Å². The van der Waals surface area contributed by atoms with E-state index in [0.717, 1.165) is 51.0 Å². The highest BCUT2D eigenvalue weighted by Crippen LogP contribution is 2.22. The number of halogens is 1. The minimum atomic E-state index is -0.740. The van der Waals surface area contributed by atoms with Crippen LogP contribution in [0.1, 0.15) is 122 Å². The van der Waals surface area contributed by atoms with Crippen molar-refractivity contribution in [3.8, 4) is 17.2 Å². The van der Waals surface area contributed by atoms with Gasteiger partial charge in [0.1, 0.15) is 11.5 Å². The maximum Gasteiger partial charge on any atom is 0.343 e. The monoisotopic (exact) mass is 620 g/mol. The van der Waals surface area contributed by atoms with E-state index in [4.69, 9.17) is 18.9 Å². The van der Waals surface area contributed by atoms with Gasteiger partial charge in [0.2, 0.25) is 0 Å². The Morgan fingerprint density at radius 2 is 1.11 bits per heavy atom. The quantitative estimate of drug-likeness (QED) is 0.0749. The molecule has 0 aliphatic carbocycles. The van der Waals surface area contributed by atoms with Gasteiger partial charge in [-0.15, -0.1) is 0 Å². The van der Waals surface area contributed by atoms with E-state index in [1.807, 2.05) is 6.92 Å². The largest absolute Gasteiger partial charge is 0.491 e. The van der Waals surface area contributed by atoms with Gasteiger partial charge in [0.25, 0.3) is 0 Å². The van der Waals surface area contributed by atoms with Crippen molar-refractivity contribution in [1.29, 1.82) is 0 Å². The lowest BCUT2D eigenvalue weighted by Gasteiger charge is -2.13. The van der Waals surface area contributed by atoms with Gasteiger partial charge in [-0.1, -0.05) is 65.2 Å². The van der Waals surface area contributed by atoms with Gasteiger partial charge in [-0.3, -0.25) is 0 Å². The first-order valence-electron chi connectivity index (χ1n) is 16.1. The summed E-state index contributed by atoms with van der Waals surface area (Å²) in [5, 5.41) is 0. The van der Waals surface area contributed by atoms with Gasteiger partial charge in [-0.2, -0.15) is 0 Å². The van der Waals surface area contributed by atoms with Crippen LogP contribution in [-0.2, 0) is 4.74 Å². The molecule has 0 aliphatic rings. The van der Waals surface area contributed by atoms with Crippen LogP contribution >= 0.6 is 0 Å². The molecule has 3 aromatic rings. The zero-order valence-corrected chi connectivity index (χ0v) is 26.6. The third-order valence-electron chi connectivity index (χ3n) is 7.30. The molecule has 1 atom stereocenters. The van der Waals surface area contributed by atoms with Crippen molar-refractivity contribution in [3.05, 3.63) is 89.2 Å². The van der Waals surface area contributed by atoms with Crippen molar-refractivity contribution in [3.63, 3.8) is 0 Å². The third kappa shape index (κ3) is 12.4. The topological polar surface area (TPSA) is 88.1 Å². The van der Waals surface area contributed by atoms with Crippen molar-refractivity contribution in [2.24, 2.45) is 0 Å². The molecule has 0 aliphatic heterocycles. The molecule has 0 amide bonds. The summed E-state index contributed by atoms with van der Waals surface area (Å²) in [5.74, 6) is -1.87. The van der Waals surface area contributed by atoms with Gasteiger partial charge in [0.05, 0.1) is 29.4 Å². The second kappa shape index (κ2) is 19.2. The van der Waals surface area contributed by atoms with Crippen molar-refractivity contribution in [2.45, 2.75) is 97.5 Å². The summed E-state index contributed by atoms with van der Waals surface area (Å²) >= 11 is 0. The highest BCUT2D eigenvalue weighted by molar-refractivity contribution is 5.93. The summed E-state index contributed by atoms with van der Waals surface area (Å²) in [6.45, 7) is 6.62. The molecule has 0 fully saturated rings. The molecule has 0 saturated heterocycles. The molecule has 0 saturated carbocycles. The predicted octanol–water partition coefficient (Wildman–Crippen LogP) is 9.52. The van der Waals surface area contributed by atoms with Gasteiger partial charge in [0.15, 0.2) is 11.6 Å². The van der Waals surface area contributed by atoms with E-state index < -0.39 is 23.7 Å². The molecule has 7 nitrogen and oxygen atoms in total. The minimum Gasteiger partial charge on any atom is -0.491 e. The Bertz CT molecular complexity index is 1350. The fourth-order valence-electron chi connectivity index (χ4n) is 4.63. The Labute approximate surface area is 266 Å². The Hall–Kier alpha value is -4.20. The highest BCUT2D eigenvalue weighted by atomic mass is 19.1. The smallest absolute Gasteiger partial charge is 0.343 e. The van der Waals surface area contributed by atoms with E-state index in [9.17, 15) is 18.8 Å². The average molecular weight is 621 g/mol. The van der Waals surface area contributed by atoms with E-state index in [-0.39, 0.29) is 34.5 Å². The number of carbonyl (C=O) groups excluding carboxylic acids is 3. The number of unbranched alkanes of at least 4 members (excludes halogenated alkanes) is 8. The second-order valence-electron chi connectivity index (χ2n) is 11.2. The lowest BCUT2D eigenvalue weighted by Crippen LogP contribution is -2.15.